The smallest absolute Gasteiger partial charge is 0.0905 e. The van der Waals surface area contributed by atoms with Crippen molar-refractivity contribution in [3.8, 4) is 0 Å². The molecular formula is C5H18N3+. The van der Waals surface area contributed by atoms with Crippen LogP contribution in [0, 0.1) is 0 Å². The Balaban J connectivity index is 0. The Bertz CT molecular complexity index is 46.1. The summed E-state index contributed by atoms with van der Waals surface area (Å²) in [5, 5.41) is 0. The molecule has 52 valence electrons. The average molecular weight is 120 g/mol. The Morgan fingerprint density at radius 1 is 1.25 bits per heavy atom. The fourth-order valence-corrected chi connectivity index (χ4v) is 0.387. The van der Waals surface area contributed by atoms with Gasteiger partial charge in [0.15, 0.2) is 0 Å². The van der Waals surface area contributed by atoms with E-state index in [1.807, 2.05) is 0 Å². The molecule has 3 heteroatoms. The monoisotopic (exact) mass is 120 g/mol. The number of hydrogen-bond acceptors (Lipinski definition) is 2. The lowest BCUT2D eigenvalue weighted by Crippen LogP contribution is -2.38. The van der Waals surface area contributed by atoms with Crippen LogP contribution in [0.25, 0.3) is 0 Å². The van der Waals surface area contributed by atoms with Gasteiger partial charge in [-0.05, 0) is 0 Å². The number of nitrogens with zero attached hydrogens (tertiary/aromatic N) is 1. The molecule has 0 radical (unpaired) electrons. The van der Waals surface area contributed by atoms with Crippen molar-refractivity contribution in [1.29, 1.82) is 0 Å². The molecule has 3 nitrogen and oxygen atoms in total. The number of nitrogens with two attached hydrogens (primary N) is 1. The first-order chi connectivity index (χ1) is 3.06. The number of hydrogen-bond donors (Lipinski definition) is 2. The molecule has 0 aromatic carbocycles. The number of rotatable bonds is 2. The summed E-state index contributed by atoms with van der Waals surface area (Å²) in [6.45, 7) is 1.84. The molecule has 0 aromatic heterocycles. The Morgan fingerprint density at radius 2 is 1.62 bits per heavy atom. The first-order valence-electron chi connectivity index (χ1n) is 2.57. The summed E-state index contributed by atoms with van der Waals surface area (Å²) in [6, 6.07) is 0. The van der Waals surface area contributed by atoms with Gasteiger partial charge in [-0.15, -0.1) is 0 Å². The zero-order valence-electron chi connectivity index (χ0n) is 6.15. The molecule has 0 rings (SSSR count). The van der Waals surface area contributed by atoms with Gasteiger partial charge in [-0.3, -0.25) is 0 Å². The van der Waals surface area contributed by atoms with Crippen molar-refractivity contribution in [3.63, 3.8) is 0 Å². The van der Waals surface area contributed by atoms with Crippen LogP contribution in [0.1, 0.15) is 0 Å². The van der Waals surface area contributed by atoms with E-state index in [1.54, 1.807) is 0 Å². The third-order valence-corrected chi connectivity index (χ3v) is 0.800. The zero-order chi connectivity index (χ0) is 5.91. The third-order valence-electron chi connectivity index (χ3n) is 0.800. The minimum absolute atomic E-state index is 0. The zero-order valence-corrected chi connectivity index (χ0v) is 6.15. The van der Waals surface area contributed by atoms with Gasteiger partial charge in [0.25, 0.3) is 0 Å². The fraction of sp³-hybridized carbons (Fsp3) is 1.00. The van der Waals surface area contributed by atoms with Crippen LogP contribution in [-0.4, -0.2) is 38.7 Å². The topological polar surface area (TPSA) is 61.0 Å². The molecule has 0 aliphatic rings. The summed E-state index contributed by atoms with van der Waals surface area (Å²) in [4.78, 5) is 0. The lowest BCUT2D eigenvalue weighted by atomic mass is 10.5. The third kappa shape index (κ3) is 9.30. The minimum Gasteiger partial charge on any atom is -0.344 e. The van der Waals surface area contributed by atoms with Crippen LogP contribution in [0.4, 0.5) is 0 Å². The largest absolute Gasteiger partial charge is 0.344 e. The molecule has 0 atom stereocenters. The summed E-state index contributed by atoms with van der Waals surface area (Å²) in [5.74, 6) is 0. The van der Waals surface area contributed by atoms with Gasteiger partial charge < -0.3 is 16.4 Å². The van der Waals surface area contributed by atoms with Crippen LogP contribution in [0.3, 0.4) is 0 Å². The van der Waals surface area contributed by atoms with Crippen molar-refractivity contribution in [1.82, 2.24) is 6.15 Å². The van der Waals surface area contributed by atoms with Gasteiger partial charge in [0, 0.05) is 6.54 Å². The average Bonchev–Trinajstić information content (AvgIpc) is 1.30. The lowest BCUT2D eigenvalue weighted by molar-refractivity contribution is -0.868. The second-order valence-electron chi connectivity index (χ2n) is 2.80. The van der Waals surface area contributed by atoms with Crippen molar-refractivity contribution in [2.75, 3.05) is 34.2 Å². The van der Waals surface area contributed by atoms with Gasteiger partial charge in [0.05, 0.1) is 27.7 Å². The standard InChI is InChI=1S/C5H15N2.H3N/c1-7(2,3)5-4-6;/h4-6H2,1-3H3;1H3/q+1;. The second kappa shape index (κ2) is 3.83. The van der Waals surface area contributed by atoms with Gasteiger partial charge in [-0.1, -0.05) is 0 Å². The Morgan fingerprint density at radius 3 is 1.62 bits per heavy atom. The summed E-state index contributed by atoms with van der Waals surface area (Å²) in [5.41, 5.74) is 5.30. The summed E-state index contributed by atoms with van der Waals surface area (Å²) >= 11 is 0. The van der Waals surface area contributed by atoms with Gasteiger partial charge >= 0.3 is 0 Å². The second-order valence-corrected chi connectivity index (χ2v) is 2.80. The van der Waals surface area contributed by atoms with E-state index < -0.39 is 0 Å². The molecular weight excluding hydrogens is 102 g/mol. The molecule has 0 bridgehead atoms. The molecule has 0 aromatic rings. The number of quaternary nitrogens is 1. The summed E-state index contributed by atoms with van der Waals surface area (Å²) < 4.78 is 0.969. The van der Waals surface area contributed by atoms with E-state index in [2.05, 4.69) is 21.1 Å². The molecule has 0 aliphatic carbocycles. The predicted octanol–water partition coefficient (Wildman–Crippen LogP) is -0.187. The molecule has 0 unspecified atom stereocenters. The van der Waals surface area contributed by atoms with Gasteiger partial charge in [-0.25, -0.2) is 0 Å². The minimum atomic E-state index is 0. The van der Waals surface area contributed by atoms with E-state index in [9.17, 15) is 0 Å². The molecule has 5 N–H and O–H groups in total. The first-order valence-corrected chi connectivity index (χ1v) is 2.57. The molecule has 0 heterocycles. The van der Waals surface area contributed by atoms with Crippen molar-refractivity contribution in [2.24, 2.45) is 5.73 Å². The van der Waals surface area contributed by atoms with Crippen molar-refractivity contribution in [3.05, 3.63) is 0 Å². The van der Waals surface area contributed by atoms with E-state index in [-0.39, 0.29) is 6.15 Å². The van der Waals surface area contributed by atoms with Crippen molar-refractivity contribution < 1.29 is 4.48 Å². The lowest BCUT2D eigenvalue weighted by Gasteiger charge is -2.22. The van der Waals surface area contributed by atoms with E-state index in [0.717, 1.165) is 17.6 Å². The Hall–Kier alpha value is -0.120. The van der Waals surface area contributed by atoms with Crippen molar-refractivity contribution in [2.45, 2.75) is 0 Å². The molecule has 0 spiro atoms. The first kappa shape index (κ1) is 10.8. The quantitative estimate of drug-likeness (QED) is 0.496. The maximum atomic E-state index is 5.30. The molecule has 0 aliphatic heterocycles. The summed E-state index contributed by atoms with van der Waals surface area (Å²) in [7, 11) is 6.40. The van der Waals surface area contributed by atoms with Gasteiger partial charge in [0.1, 0.15) is 0 Å². The van der Waals surface area contributed by atoms with E-state index in [0.29, 0.717) is 0 Å². The molecule has 0 saturated carbocycles. The van der Waals surface area contributed by atoms with Crippen molar-refractivity contribution >= 4 is 0 Å². The van der Waals surface area contributed by atoms with Crippen LogP contribution in [0.2, 0.25) is 0 Å². The SMILES string of the molecule is C[N+](C)(C)CCN.N. The maximum Gasteiger partial charge on any atom is 0.0905 e. The highest BCUT2D eigenvalue weighted by atomic mass is 15.3. The van der Waals surface area contributed by atoms with Gasteiger partial charge in [0.2, 0.25) is 0 Å². The molecule has 0 saturated heterocycles. The highest BCUT2D eigenvalue weighted by molar-refractivity contribution is 4.26. The number of likely N-dealkylation sites (N-methyl/N-ethyl adjacent to an activating group) is 1. The molecule has 0 fully saturated rings. The van der Waals surface area contributed by atoms with E-state index in [4.69, 9.17) is 5.73 Å². The Labute approximate surface area is 51.6 Å². The maximum absolute atomic E-state index is 5.30. The van der Waals surface area contributed by atoms with Crippen LogP contribution < -0.4 is 11.9 Å². The molecule has 8 heavy (non-hydrogen) atoms. The summed E-state index contributed by atoms with van der Waals surface area (Å²) in [6.07, 6.45) is 0. The van der Waals surface area contributed by atoms with Crippen LogP contribution in [0.15, 0.2) is 0 Å². The van der Waals surface area contributed by atoms with E-state index >= 15 is 0 Å². The van der Waals surface area contributed by atoms with Crippen LogP contribution in [0.5, 0.6) is 0 Å². The van der Waals surface area contributed by atoms with E-state index in [1.165, 1.54) is 0 Å². The highest BCUT2D eigenvalue weighted by Crippen LogP contribution is 1.83. The highest BCUT2D eigenvalue weighted by Gasteiger charge is 2.01. The fourth-order valence-electron chi connectivity index (χ4n) is 0.387. The predicted molar refractivity (Wildman–Crippen MR) is 37.0 cm³/mol. The van der Waals surface area contributed by atoms with Crippen LogP contribution in [-0.2, 0) is 0 Å². The van der Waals surface area contributed by atoms with Gasteiger partial charge in [-0.2, -0.15) is 0 Å². The molecule has 0 amide bonds. The van der Waals surface area contributed by atoms with Crippen LogP contribution >= 0.6 is 0 Å². The Kier molecular flexibility index (Phi) is 5.17. The normalized spacial score (nSPS) is 10.5.